The summed E-state index contributed by atoms with van der Waals surface area (Å²) in [5, 5.41) is 5.03. The van der Waals surface area contributed by atoms with Crippen LogP contribution in [0.4, 0.5) is 0 Å². The molecule has 6 heteroatoms. The van der Waals surface area contributed by atoms with E-state index in [2.05, 4.69) is 46.4 Å². The van der Waals surface area contributed by atoms with E-state index in [1.807, 2.05) is 31.2 Å². The lowest BCUT2D eigenvalue weighted by molar-refractivity contribution is 0.113. The second kappa shape index (κ2) is 9.62. The highest BCUT2D eigenvalue weighted by Crippen LogP contribution is 2.20. The molecule has 0 radical (unpaired) electrons. The van der Waals surface area contributed by atoms with Crippen LogP contribution in [0.15, 0.2) is 53.3 Å². The predicted molar refractivity (Wildman–Crippen MR) is 129 cm³/mol. The molecule has 0 unspecified atom stereocenters. The van der Waals surface area contributed by atoms with Crippen LogP contribution < -0.4 is 10.9 Å². The van der Waals surface area contributed by atoms with E-state index in [4.69, 9.17) is 17.0 Å². The van der Waals surface area contributed by atoms with Crippen LogP contribution >= 0.6 is 12.2 Å². The Bertz CT molecular complexity index is 1120. The first-order valence-corrected chi connectivity index (χ1v) is 11.2. The molecule has 3 aromatic rings. The van der Waals surface area contributed by atoms with Gasteiger partial charge in [-0.25, -0.2) is 0 Å². The molecule has 0 amide bonds. The number of fused-ring (bicyclic) bond motifs is 1. The van der Waals surface area contributed by atoms with Crippen LogP contribution in [0.5, 0.6) is 0 Å². The van der Waals surface area contributed by atoms with Gasteiger partial charge in [0.15, 0.2) is 5.11 Å². The van der Waals surface area contributed by atoms with Gasteiger partial charge in [0.2, 0.25) is 0 Å². The molecule has 1 aliphatic heterocycles. The van der Waals surface area contributed by atoms with E-state index in [0.717, 1.165) is 41.5 Å². The van der Waals surface area contributed by atoms with Gasteiger partial charge in [0, 0.05) is 25.3 Å². The summed E-state index contributed by atoms with van der Waals surface area (Å²) >= 11 is 5.73. The summed E-state index contributed by atoms with van der Waals surface area (Å²) in [6.45, 7) is 6.67. The van der Waals surface area contributed by atoms with E-state index in [-0.39, 0.29) is 11.7 Å². The van der Waals surface area contributed by atoms with Crippen molar-refractivity contribution in [3.8, 4) is 0 Å². The second-order valence-corrected chi connectivity index (χ2v) is 8.64. The van der Waals surface area contributed by atoms with Crippen LogP contribution in [0.1, 0.15) is 35.1 Å². The zero-order chi connectivity index (χ0) is 21.8. The van der Waals surface area contributed by atoms with Crippen molar-refractivity contribution in [3.05, 3.63) is 81.1 Å². The number of pyridine rings is 1. The molecular weight excluding hydrogens is 406 g/mol. The largest absolute Gasteiger partial charge is 0.376 e. The molecule has 2 heterocycles. The lowest BCUT2D eigenvalue weighted by Crippen LogP contribution is -2.42. The fourth-order valence-electron chi connectivity index (χ4n) is 4.01. The lowest BCUT2D eigenvalue weighted by Gasteiger charge is -2.27. The number of rotatable bonds is 6. The van der Waals surface area contributed by atoms with Crippen molar-refractivity contribution in [2.45, 2.75) is 45.9 Å². The van der Waals surface area contributed by atoms with Gasteiger partial charge in [0.05, 0.1) is 18.2 Å². The first-order valence-electron chi connectivity index (χ1n) is 10.8. The quantitative estimate of drug-likeness (QED) is 0.569. The Morgan fingerprint density at radius 2 is 2.00 bits per heavy atom. The molecule has 0 aliphatic carbocycles. The first kappa shape index (κ1) is 21.5. The zero-order valence-electron chi connectivity index (χ0n) is 18.1. The highest BCUT2D eigenvalue weighted by molar-refractivity contribution is 7.80. The monoisotopic (exact) mass is 435 g/mol. The van der Waals surface area contributed by atoms with Gasteiger partial charge in [-0.2, -0.15) is 0 Å². The van der Waals surface area contributed by atoms with E-state index < -0.39 is 0 Å². The fourth-order valence-corrected chi connectivity index (χ4v) is 4.23. The Labute approximate surface area is 188 Å². The minimum atomic E-state index is -0.0683. The summed E-state index contributed by atoms with van der Waals surface area (Å²) in [6.07, 6.45) is 2.35. The van der Waals surface area contributed by atoms with Crippen molar-refractivity contribution in [3.63, 3.8) is 0 Å². The van der Waals surface area contributed by atoms with Crippen molar-refractivity contribution in [1.82, 2.24) is 15.2 Å². The number of hydrogen-bond donors (Lipinski definition) is 2. The molecule has 1 saturated heterocycles. The predicted octanol–water partition coefficient (Wildman–Crippen LogP) is 4.20. The third-order valence-corrected chi connectivity index (χ3v) is 6.40. The van der Waals surface area contributed by atoms with Crippen molar-refractivity contribution >= 4 is 28.2 Å². The average Bonchev–Trinajstić information content (AvgIpc) is 3.30. The van der Waals surface area contributed by atoms with E-state index in [9.17, 15) is 4.79 Å². The molecule has 2 aromatic carbocycles. The molecule has 1 aliphatic rings. The number of thiocarbonyl (C=S) groups is 1. The Hall–Kier alpha value is -2.70. The minimum Gasteiger partial charge on any atom is -0.376 e. The summed E-state index contributed by atoms with van der Waals surface area (Å²) in [5.41, 5.74) is 4.96. The maximum Gasteiger partial charge on any atom is 0.253 e. The van der Waals surface area contributed by atoms with Crippen LogP contribution in [0.25, 0.3) is 10.9 Å². The molecule has 4 rings (SSSR count). The smallest absolute Gasteiger partial charge is 0.253 e. The lowest BCUT2D eigenvalue weighted by atomic mass is 10.0. The van der Waals surface area contributed by atoms with E-state index in [1.54, 1.807) is 0 Å². The maximum absolute atomic E-state index is 12.9. The normalized spacial score (nSPS) is 15.9. The van der Waals surface area contributed by atoms with E-state index >= 15 is 0 Å². The topological polar surface area (TPSA) is 57.4 Å². The van der Waals surface area contributed by atoms with Gasteiger partial charge in [-0.15, -0.1) is 0 Å². The van der Waals surface area contributed by atoms with Gasteiger partial charge in [-0.05, 0) is 67.0 Å². The molecule has 1 atom stereocenters. The molecule has 2 N–H and O–H groups in total. The molecule has 0 bridgehead atoms. The van der Waals surface area contributed by atoms with Crippen LogP contribution in [0.3, 0.4) is 0 Å². The molecule has 162 valence electrons. The Kier molecular flexibility index (Phi) is 6.68. The number of nitrogens with one attached hydrogen (secondary N) is 2. The first-order chi connectivity index (χ1) is 15.0. The highest BCUT2D eigenvalue weighted by Gasteiger charge is 2.18. The number of aryl methyl sites for hydroxylation is 2. The number of aromatic amines is 1. The third kappa shape index (κ3) is 5.14. The van der Waals surface area contributed by atoms with Crippen molar-refractivity contribution in [2.24, 2.45) is 0 Å². The fraction of sp³-hybridized carbons (Fsp3) is 0.360. The Morgan fingerprint density at radius 1 is 1.19 bits per heavy atom. The van der Waals surface area contributed by atoms with Crippen LogP contribution in [0, 0.1) is 13.8 Å². The SMILES string of the molecule is Cc1ccc2cc(CN(Cc3ccccc3)C(=S)NC[C@@H]3CCCO3)c(=O)[nH]c2c1C. The Morgan fingerprint density at radius 3 is 2.74 bits per heavy atom. The number of nitrogens with zero attached hydrogens (tertiary/aromatic N) is 1. The summed E-state index contributed by atoms with van der Waals surface area (Å²) in [5.74, 6) is 0. The van der Waals surface area contributed by atoms with Gasteiger partial charge in [0.25, 0.3) is 5.56 Å². The van der Waals surface area contributed by atoms with Gasteiger partial charge in [0.1, 0.15) is 0 Å². The Balaban J connectivity index is 1.58. The summed E-state index contributed by atoms with van der Waals surface area (Å²) in [4.78, 5) is 18.0. The number of H-pyrrole nitrogens is 1. The zero-order valence-corrected chi connectivity index (χ0v) is 18.9. The molecule has 31 heavy (non-hydrogen) atoms. The molecule has 5 nitrogen and oxygen atoms in total. The molecule has 1 aromatic heterocycles. The molecular formula is C25H29N3O2S. The van der Waals surface area contributed by atoms with Gasteiger partial charge >= 0.3 is 0 Å². The van der Waals surface area contributed by atoms with E-state index in [0.29, 0.717) is 30.3 Å². The van der Waals surface area contributed by atoms with Gasteiger partial charge < -0.3 is 19.9 Å². The number of aromatic nitrogens is 1. The standard InChI is InChI=1S/C25H29N3O2S/c1-17-10-11-20-13-21(24(29)27-23(20)18(17)2)16-28(15-19-7-4-3-5-8-19)25(31)26-14-22-9-6-12-30-22/h3-5,7-8,10-11,13,22H,6,9,12,14-16H2,1-2H3,(H,26,31)(H,27,29)/t22-/m0/s1. The van der Waals surface area contributed by atoms with Crippen molar-refractivity contribution < 1.29 is 4.74 Å². The van der Waals surface area contributed by atoms with Crippen molar-refractivity contribution in [1.29, 1.82) is 0 Å². The summed E-state index contributed by atoms with van der Waals surface area (Å²) in [7, 11) is 0. The average molecular weight is 436 g/mol. The summed E-state index contributed by atoms with van der Waals surface area (Å²) < 4.78 is 5.71. The van der Waals surface area contributed by atoms with Crippen LogP contribution in [0.2, 0.25) is 0 Å². The summed E-state index contributed by atoms with van der Waals surface area (Å²) in [6, 6.07) is 16.3. The number of ether oxygens (including phenoxy) is 1. The van der Waals surface area contributed by atoms with Crippen LogP contribution in [-0.2, 0) is 17.8 Å². The minimum absolute atomic E-state index is 0.0683. The van der Waals surface area contributed by atoms with E-state index in [1.165, 1.54) is 5.56 Å². The molecule has 1 fully saturated rings. The molecule has 0 spiro atoms. The second-order valence-electron chi connectivity index (χ2n) is 8.26. The number of hydrogen-bond acceptors (Lipinski definition) is 3. The number of benzene rings is 2. The van der Waals surface area contributed by atoms with Crippen molar-refractivity contribution in [2.75, 3.05) is 13.2 Å². The third-order valence-electron chi connectivity index (χ3n) is 6.00. The highest BCUT2D eigenvalue weighted by atomic mass is 32.1. The van der Waals surface area contributed by atoms with Gasteiger partial charge in [-0.3, -0.25) is 4.79 Å². The maximum atomic E-state index is 12.9. The van der Waals surface area contributed by atoms with Gasteiger partial charge in [-0.1, -0.05) is 42.5 Å². The van der Waals surface area contributed by atoms with Crippen LogP contribution in [-0.4, -0.2) is 34.3 Å². The molecule has 0 saturated carbocycles.